The molecule has 1 atom stereocenters. The van der Waals surface area contributed by atoms with Crippen LogP contribution >= 0.6 is 0 Å². The van der Waals surface area contributed by atoms with E-state index in [2.05, 4.69) is 0 Å². The van der Waals surface area contributed by atoms with Gasteiger partial charge in [0, 0.05) is 29.1 Å². The molecule has 0 amide bonds. The average molecular weight is 486 g/mol. The van der Waals surface area contributed by atoms with Crippen molar-refractivity contribution in [2.45, 2.75) is 45.8 Å². The van der Waals surface area contributed by atoms with Crippen molar-refractivity contribution in [2.24, 2.45) is 0 Å². The Labute approximate surface area is 208 Å². The molecule has 1 aliphatic heterocycles. The molecule has 3 aromatic carbocycles. The van der Waals surface area contributed by atoms with Crippen LogP contribution in [0.15, 0.2) is 48.7 Å². The number of carboxylic acid groups (broad SMARTS) is 2. The molecule has 184 valence electrons. The quantitative estimate of drug-likeness (QED) is 0.360. The molecule has 2 heterocycles. The largest absolute Gasteiger partial charge is 0.493 e. The Hall–Kier alpha value is -3.97. The number of carboxylic acids is 2. The highest BCUT2D eigenvalue weighted by Crippen LogP contribution is 2.45. The summed E-state index contributed by atoms with van der Waals surface area (Å²) in [5.41, 5.74) is 3.89. The number of pyridine rings is 1. The second kappa shape index (κ2) is 8.60. The number of benzene rings is 3. The van der Waals surface area contributed by atoms with E-state index in [0.717, 1.165) is 34.1 Å². The Kier molecular flexibility index (Phi) is 5.68. The lowest BCUT2D eigenvalue weighted by atomic mass is 9.85. The van der Waals surface area contributed by atoms with Crippen molar-refractivity contribution in [1.29, 1.82) is 0 Å². The van der Waals surface area contributed by atoms with Crippen LogP contribution in [0.1, 0.15) is 53.9 Å². The third kappa shape index (κ3) is 4.05. The zero-order valence-corrected chi connectivity index (χ0v) is 20.6. The molecule has 5 rings (SSSR count). The highest BCUT2D eigenvalue weighted by molar-refractivity contribution is 6.09. The number of aliphatic carboxylic acids is 1. The lowest BCUT2D eigenvalue weighted by Gasteiger charge is -2.29. The average Bonchev–Trinajstić information content (AvgIpc) is 2.81. The lowest BCUT2D eigenvalue weighted by Crippen LogP contribution is -2.28. The standard InChI is InChI=1S/C29H27NO6/c1-15-13-18-14-17(27(31)32)5-6-19(18)24(22(15)26(28(33)34)36-29(2,3)4)20-7-8-21-23-16(10-12-35-21)9-11-30-25(20)23/h5-9,11,13-14,26H,10,12H2,1-4H3,(H,31,32)(H,33,34). The summed E-state index contributed by atoms with van der Waals surface area (Å²) in [5.74, 6) is -1.38. The van der Waals surface area contributed by atoms with Crippen LogP contribution in [0.2, 0.25) is 0 Å². The predicted molar refractivity (Wildman–Crippen MR) is 137 cm³/mol. The van der Waals surface area contributed by atoms with E-state index in [9.17, 15) is 19.8 Å². The monoisotopic (exact) mass is 485 g/mol. The van der Waals surface area contributed by atoms with Crippen molar-refractivity contribution >= 4 is 33.6 Å². The van der Waals surface area contributed by atoms with Gasteiger partial charge in [0.25, 0.3) is 0 Å². The molecule has 0 aliphatic carbocycles. The van der Waals surface area contributed by atoms with Crippen LogP contribution in [0.25, 0.3) is 32.8 Å². The summed E-state index contributed by atoms with van der Waals surface area (Å²) in [7, 11) is 0. The van der Waals surface area contributed by atoms with Gasteiger partial charge in [0.2, 0.25) is 0 Å². The first-order chi connectivity index (χ1) is 17.0. The van der Waals surface area contributed by atoms with E-state index >= 15 is 0 Å². The van der Waals surface area contributed by atoms with Crippen LogP contribution in [-0.4, -0.2) is 39.3 Å². The van der Waals surface area contributed by atoms with Gasteiger partial charge in [-0.15, -0.1) is 0 Å². The number of aryl methyl sites for hydroxylation is 1. The van der Waals surface area contributed by atoms with Crippen molar-refractivity contribution in [2.75, 3.05) is 6.61 Å². The van der Waals surface area contributed by atoms with Gasteiger partial charge in [-0.1, -0.05) is 12.1 Å². The highest BCUT2D eigenvalue weighted by atomic mass is 16.5. The fourth-order valence-corrected chi connectivity index (χ4v) is 5.01. The van der Waals surface area contributed by atoms with Crippen LogP contribution in [0.3, 0.4) is 0 Å². The van der Waals surface area contributed by atoms with Gasteiger partial charge in [0.05, 0.1) is 23.3 Å². The maximum atomic E-state index is 12.6. The number of ether oxygens (including phenoxy) is 2. The van der Waals surface area contributed by atoms with Crippen molar-refractivity contribution in [3.63, 3.8) is 0 Å². The smallest absolute Gasteiger partial charge is 0.337 e. The number of nitrogens with zero attached hydrogens (tertiary/aromatic N) is 1. The maximum absolute atomic E-state index is 12.6. The summed E-state index contributed by atoms with van der Waals surface area (Å²) in [6, 6.07) is 12.5. The number of fused-ring (bicyclic) bond motifs is 1. The van der Waals surface area contributed by atoms with E-state index in [1.807, 2.05) is 52.0 Å². The van der Waals surface area contributed by atoms with Crippen molar-refractivity contribution in [1.82, 2.24) is 4.98 Å². The highest BCUT2D eigenvalue weighted by Gasteiger charge is 2.32. The Morgan fingerprint density at radius 2 is 1.86 bits per heavy atom. The molecule has 0 radical (unpaired) electrons. The fourth-order valence-electron chi connectivity index (χ4n) is 5.01. The summed E-state index contributed by atoms with van der Waals surface area (Å²) < 4.78 is 12.0. The van der Waals surface area contributed by atoms with Crippen LogP contribution in [-0.2, 0) is 16.0 Å². The van der Waals surface area contributed by atoms with Gasteiger partial charge in [-0.2, -0.15) is 0 Å². The molecule has 1 aromatic heterocycles. The lowest BCUT2D eigenvalue weighted by molar-refractivity contribution is -0.160. The van der Waals surface area contributed by atoms with Gasteiger partial charge >= 0.3 is 11.9 Å². The van der Waals surface area contributed by atoms with Gasteiger partial charge in [-0.3, -0.25) is 4.98 Å². The van der Waals surface area contributed by atoms with E-state index in [1.54, 1.807) is 18.3 Å². The third-order valence-electron chi connectivity index (χ3n) is 6.43. The Morgan fingerprint density at radius 1 is 1.08 bits per heavy atom. The molecule has 4 aromatic rings. The fraction of sp³-hybridized carbons (Fsp3) is 0.276. The van der Waals surface area contributed by atoms with Crippen molar-refractivity contribution < 1.29 is 29.3 Å². The zero-order valence-electron chi connectivity index (χ0n) is 20.6. The van der Waals surface area contributed by atoms with E-state index in [4.69, 9.17) is 14.5 Å². The van der Waals surface area contributed by atoms with Gasteiger partial charge < -0.3 is 19.7 Å². The molecular formula is C29H27NO6. The third-order valence-corrected chi connectivity index (χ3v) is 6.43. The molecule has 0 saturated heterocycles. The van der Waals surface area contributed by atoms with E-state index < -0.39 is 23.6 Å². The Balaban J connectivity index is 1.92. The summed E-state index contributed by atoms with van der Waals surface area (Å²) in [5, 5.41) is 22.2. The van der Waals surface area contributed by atoms with Gasteiger partial charge in [0.15, 0.2) is 6.10 Å². The molecule has 0 bridgehead atoms. The molecule has 0 spiro atoms. The van der Waals surface area contributed by atoms with E-state index in [-0.39, 0.29) is 5.56 Å². The number of carbonyl (C=O) groups is 2. The van der Waals surface area contributed by atoms with Crippen LogP contribution in [0.4, 0.5) is 0 Å². The topological polar surface area (TPSA) is 106 Å². The molecule has 2 N–H and O–H groups in total. The summed E-state index contributed by atoms with van der Waals surface area (Å²) in [4.78, 5) is 29.0. The van der Waals surface area contributed by atoms with Crippen LogP contribution < -0.4 is 4.74 Å². The number of aromatic carboxylic acids is 1. The normalized spacial score (nSPS) is 14.0. The number of hydrogen-bond donors (Lipinski definition) is 2. The molecular weight excluding hydrogens is 458 g/mol. The first kappa shape index (κ1) is 23.8. The summed E-state index contributed by atoms with van der Waals surface area (Å²) >= 11 is 0. The van der Waals surface area contributed by atoms with E-state index in [1.165, 1.54) is 6.07 Å². The zero-order chi connectivity index (χ0) is 25.8. The molecule has 1 unspecified atom stereocenters. The molecule has 0 fully saturated rings. The maximum Gasteiger partial charge on any atom is 0.337 e. The van der Waals surface area contributed by atoms with Crippen LogP contribution in [0.5, 0.6) is 5.75 Å². The molecule has 36 heavy (non-hydrogen) atoms. The van der Waals surface area contributed by atoms with Crippen molar-refractivity contribution in [3.05, 3.63) is 70.9 Å². The second-order valence-corrected chi connectivity index (χ2v) is 10.1. The summed E-state index contributed by atoms with van der Waals surface area (Å²) in [6.45, 7) is 7.87. The first-order valence-corrected chi connectivity index (χ1v) is 11.8. The first-order valence-electron chi connectivity index (χ1n) is 11.8. The molecule has 7 heteroatoms. The van der Waals surface area contributed by atoms with Crippen molar-refractivity contribution in [3.8, 4) is 16.9 Å². The van der Waals surface area contributed by atoms with Crippen LogP contribution in [0, 0.1) is 6.92 Å². The Morgan fingerprint density at radius 3 is 2.56 bits per heavy atom. The minimum Gasteiger partial charge on any atom is -0.493 e. The molecule has 1 aliphatic rings. The number of hydrogen-bond acceptors (Lipinski definition) is 5. The number of rotatable bonds is 5. The Bertz CT molecular complexity index is 1540. The SMILES string of the molecule is Cc1cc2cc(C(=O)O)ccc2c(-c2ccc3c4c(ccnc24)CCO3)c1C(OC(C)(C)C)C(=O)O. The second-order valence-electron chi connectivity index (χ2n) is 10.1. The molecule has 7 nitrogen and oxygen atoms in total. The minimum absolute atomic E-state index is 0.157. The van der Waals surface area contributed by atoms with Gasteiger partial charge in [0.1, 0.15) is 5.75 Å². The molecule has 0 saturated carbocycles. The van der Waals surface area contributed by atoms with Gasteiger partial charge in [-0.05, 0) is 85.5 Å². The number of aromatic nitrogens is 1. The van der Waals surface area contributed by atoms with Gasteiger partial charge in [-0.25, -0.2) is 9.59 Å². The van der Waals surface area contributed by atoms with E-state index in [0.29, 0.717) is 34.2 Å². The summed E-state index contributed by atoms with van der Waals surface area (Å²) in [6.07, 6.45) is 1.27. The predicted octanol–water partition coefficient (Wildman–Crippen LogP) is 5.94. The minimum atomic E-state index is -1.24.